The summed E-state index contributed by atoms with van der Waals surface area (Å²) in [6.45, 7) is 5.49. The summed E-state index contributed by atoms with van der Waals surface area (Å²) in [6, 6.07) is 13.5. The zero-order chi connectivity index (χ0) is 19.1. The molecule has 0 fully saturated rings. The summed E-state index contributed by atoms with van der Waals surface area (Å²) in [5.41, 5.74) is -0.668. The lowest BCUT2D eigenvalue weighted by Crippen LogP contribution is -2.28. The van der Waals surface area contributed by atoms with Gasteiger partial charge >= 0.3 is 5.97 Å². The molecule has 136 valence electrons. The fraction of sp³-hybridized carbons (Fsp3) is 0.250. The maximum Gasteiger partial charge on any atom is 0.316 e. The average Bonchev–Trinajstić information content (AvgIpc) is 2.60. The molecule has 0 aliphatic carbocycles. The second kappa shape index (κ2) is 6.37. The molecule has 0 saturated heterocycles. The minimum absolute atomic E-state index is 0.215. The van der Waals surface area contributed by atoms with Gasteiger partial charge in [0, 0.05) is 10.8 Å². The third kappa shape index (κ3) is 3.18. The second-order valence-electron chi connectivity index (χ2n) is 6.87. The van der Waals surface area contributed by atoms with Crippen LogP contribution in [0.5, 0.6) is 5.75 Å². The van der Waals surface area contributed by atoms with Crippen LogP contribution in [0, 0.1) is 5.41 Å². The van der Waals surface area contributed by atoms with E-state index >= 15 is 0 Å². The van der Waals surface area contributed by atoms with Gasteiger partial charge in [-0.15, -0.1) is 0 Å². The third-order valence-electron chi connectivity index (χ3n) is 4.74. The van der Waals surface area contributed by atoms with Crippen LogP contribution in [0.4, 0.5) is 0 Å². The summed E-state index contributed by atoms with van der Waals surface area (Å²) in [5, 5.41) is 2.41. The molecule has 5 nitrogen and oxygen atoms in total. The number of rotatable bonds is 4. The molecule has 26 heavy (non-hydrogen) atoms. The van der Waals surface area contributed by atoms with Crippen molar-refractivity contribution in [1.82, 2.24) is 0 Å². The first-order chi connectivity index (χ1) is 12.1. The molecule has 1 N–H and O–H groups in total. The van der Waals surface area contributed by atoms with E-state index in [4.69, 9.17) is 4.74 Å². The van der Waals surface area contributed by atoms with Crippen LogP contribution in [0.25, 0.3) is 21.5 Å². The van der Waals surface area contributed by atoms with Crippen LogP contribution in [0.15, 0.2) is 53.4 Å². The van der Waals surface area contributed by atoms with Gasteiger partial charge in [-0.05, 0) is 43.2 Å². The summed E-state index contributed by atoms with van der Waals surface area (Å²) in [5.74, 6) is -0.121. The topological polar surface area (TPSA) is 80.7 Å². The van der Waals surface area contributed by atoms with Gasteiger partial charge in [-0.1, -0.05) is 43.3 Å². The van der Waals surface area contributed by atoms with Crippen molar-refractivity contribution in [2.45, 2.75) is 32.1 Å². The zero-order valence-electron chi connectivity index (χ0n) is 14.8. The summed E-state index contributed by atoms with van der Waals surface area (Å²) in [6.07, 6.45) is 0.605. The highest BCUT2D eigenvalue weighted by Gasteiger charge is 2.28. The fourth-order valence-corrected chi connectivity index (χ4v) is 3.46. The standard InChI is InChI=1S/C20H20O5S/c1-4-20(2,3)19(21)25-17-12-16-14(13-8-5-6-9-15(13)17)10-7-11-18(16)26(22,23)24/h5-12H,4H2,1-3H3,(H,22,23,24). The van der Waals surface area contributed by atoms with Crippen LogP contribution >= 0.6 is 0 Å². The van der Waals surface area contributed by atoms with Crippen molar-refractivity contribution in [3.8, 4) is 5.75 Å². The Morgan fingerprint density at radius 2 is 1.58 bits per heavy atom. The third-order valence-corrected chi connectivity index (χ3v) is 5.65. The smallest absolute Gasteiger partial charge is 0.316 e. The average molecular weight is 372 g/mol. The normalized spacial score (nSPS) is 12.5. The largest absolute Gasteiger partial charge is 0.425 e. The lowest BCUT2D eigenvalue weighted by atomic mass is 9.90. The van der Waals surface area contributed by atoms with Crippen LogP contribution in [-0.4, -0.2) is 18.9 Å². The Hall–Kier alpha value is -2.44. The molecule has 3 aromatic carbocycles. The molecule has 0 heterocycles. The maximum atomic E-state index is 12.5. The van der Waals surface area contributed by atoms with Crippen molar-refractivity contribution in [1.29, 1.82) is 0 Å². The number of carbonyl (C=O) groups is 1. The molecule has 3 rings (SSSR count). The SMILES string of the molecule is CCC(C)(C)C(=O)Oc1cc2c(S(=O)(=O)O)cccc2c2ccccc12. The van der Waals surface area contributed by atoms with E-state index in [0.29, 0.717) is 22.6 Å². The van der Waals surface area contributed by atoms with Gasteiger partial charge in [0.2, 0.25) is 0 Å². The molecule has 0 bridgehead atoms. The van der Waals surface area contributed by atoms with E-state index < -0.39 is 21.5 Å². The number of benzene rings is 3. The van der Waals surface area contributed by atoms with Gasteiger partial charge in [-0.3, -0.25) is 9.35 Å². The molecule has 0 spiro atoms. The van der Waals surface area contributed by atoms with Crippen LogP contribution in [-0.2, 0) is 14.9 Å². The molecular formula is C20H20O5S. The first-order valence-electron chi connectivity index (χ1n) is 8.29. The Balaban J connectivity index is 2.33. The number of hydrogen-bond donors (Lipinski definition) is 1. The molecule has 0 amide bonds. The van der Waals surface area contributed by atoms with Crippen LogP contribution in [0.3, 0.4) is 0 Å². The Kier molecular flexibility index (Phi) is 4.50. The molecular weight excluding hydrogens is 352 g/mol. The highest BCUT2D eigenvalue weighted by atomic mass is 32.2. The Morgan fingerprint density at radius 3 is 2.19 bits per heavy atom. The minimum atomic E-state index is -4.42. The van der Waals surface area contributed by atoms with Gasteiger partial charge in [0.15, 0.2) is 0 Å². The molecule has 0 radical (unpaired) electrons. The minimum Gasteiger partial charge on any atom is -0.425 e. The van der Waals surface area contributed by atoms with Gasteiger partial charge in [-0.2, -0.15) is 8.42 Å². The van der Waals surface area contributed by atoms with E-state index in [2.05, 4.69) is 0 Å². The van der Waals surface area contributed by atoms with E-state index in [1.54, 1.807) is 26.0 Å². The van der Waals surface area contributed by atoms with Gasteiger partial charge in [0.05, 0.1) is 5.41 Å². The van der Waals surface area contributed by atoms with Crippen molar-refractivity contribution in [2.75, 3.05) is 0 Å². The Morgan fingerprint density at radius 1 is 1.00 bits per heavy atom. The molecule has 0 aromatic heterocycles. The zero-order valence-corrected chi connectivity index (χ0v) is 15.6. The molecule has 0 unspecified atom stereocenters. The molecule has 0 saturated carbocycles. The maximum absolute atomic E-state index is 12.5. The van der Waals surface area contributed by atoms with Crippen LogP contribution in [0.1, 0.15) is 27.2 Å². The van der Waals surface area contributed by atoms with Crippen molar-refractivity contribution in [2.24, 2.45) is 5.41 Å². The van der Waals surface area contributed by atoms with Crippen LogP contribution in [0.2, 0.25) is 0 Å². The number of carbonyl (C=O) groups excluding carboxylic acids is 1. The summed E-state index contributed by atoms with van der Waals surface area (Å²) in [7, 11) is -4.42. The number of fused-ring (bicyclic) bond motifs is 3. The van der Waals surface area contributed by atoms with Gasteiger partial charge in [0.1, 0.15) is 10.6 Å². The second-order valence-corrected chi connectivity index (χ2v) is 8.26. The molecule has 0 aliphatic rings. The van der Waals surface area contributed by atoms with Gasteiger partial charge in [-0.25, -0.2) is 0 Å². The quantitative estimate of drug-likeness (QED) is 0.314. The van der Waals surface area contributed by atoms with Crippen molar-refractivity contribution in [3.05, 3.63) is 48.5 Å². The molecule has 3 aromatic rings. The van der Waals surface area contributed by atoms with E-state index in [1.807, 2.05) is 31.2 Å². The monoisotopic (exact) mass is 372 g/mol. The van der Waals surface area contributed by atoms with Crippen molar-refractivity contribution in [3.63, 3.8) is 0 Å². The number of hydrogen-bond acceptors (Lipinski definition) is 4. The Labute approximate surface area is 152 Å². The fourth-order valence-electron chi connectivity index (χ4n) is 2.76. The van der Waals surface area contributed by atoms with Crippen LogP contribution < -0.4 is 4.74 Å². The predicted molar refractivity (Wildman–Crippen MR) is 101 cm³/mol. The van der Waals surface area contributed by atoms with E-state index in [9.17, 15) is 17.8 Å². The molecule has 0 aliphatic heterocycles. The Bertz CT molecular complexity index is 1110. The van der Waals surface area contributed by atoms with E-state index in [1.165, 1.54) is 12.1 Å². The highest BCUT2D eigenvalue weighted by Crippen LogP contribution is 2.37. The molecule has 6 heteroatoms. The molecule has 0 atom stereocenters. The van der Waals surface area contributed by atoms with E-state index in [-0.39, 0.29) is 10.6 Å². The van der Waals surface area contributed by atoms with Gasteiger partial charge in [0.25, 0.3) is 10.1 Å². The predicted octanol–water partition coefficient (Wildman–Crippen LogP) is 4.58. The van der Waals surface area contributed by atoms with Gasteiger partial charge < -0.3 is 4.74 Å². The first kappa shape index (κ1) is 18.4. The van der Waals surface area contributed by atoms with Crippen molar-refractivity contribution >= 4 is 37.6 Å². The van der Waals surface area contributed by atoms with E-state index in [0.717, 1.165) is 5.39 Å². The summed E-state index contributed by atoms with van der Waals surface area (Å²) < 4.78 is 38.7. The highest BCUT2D eigenvalue weighted by molar-refractivity contribution is 7.86. The lowest BCUT2D eigenvalue weighted by molar-refractivity contribution is -0.144. The number of esters is 1. The lowest BCUT2D eigenvalue weighted by Gasteiger charge is -2.21. The summed E-state index contributed by atoms with van der Waals surface area (Å²) >= 11 is 0. The first-order valence-corrected chi connectivity index (χ1v) is 9.73. The van der Waals surface area contributed by atoms with Crippen molar-refractivity contribution < 1.29 is 22.5 Å². The number of ether oxygens (including phenoxy) is 1. The summed E-state index contributed by atoms with van der Waals surface area (Å²) in [4.78, 5) is 12.3.